The Hall–Kier alpha value is -1.35. The van der Waals surface area contributed by atoms with Gasteiger partial charge in [0.2, 0.25) is 5.91 Å². The van der Waals surface area contributed by atoms with Crippen molar-refractivity contribution in [1.82, 2.24) is 10.2 Å². The molecule has 2 atom stereocenters. The standard InChI is InChI=1S/C18H26N2O/c1-3-16-12-20(17(4-2)11-19-16)18(21)15-9-13-7-5-6-8-14(13)10-15/h5-8,15-17,19H,3-4,9-12H2,1-2H3. The number of hydrogen-bond donors (Lipinski definition) is 1. The Labute approximate surface area is 127 Å². The lowest BCUT2D eigenvalue weighted by molar-refractivity contribution is -0.139. The number of carbonyl (C=O) groups is 1. The van der Waals surface area contributed by atoms with Crippen molar-refractivity contribution in [2.24, 2.45) is 5.92 Å². The number of piperazine rings is 1. The summed E-state index contributed by atoms with van der Waals surface area (Å²) in [5, 5.41) is 3.57. The topological polar surface area (TPSA) is 32.3 Å². The molecule has 1 fully saturated rings. The molecular formula is C18H26N2O. The summed E-state index contributed by atoms with van der Waals surface area (Å²) >= 11 is 0. The summed E-state index contributed by atoms with van der Waals surface area (Å²) in [7, 11) is 0. The molecule has 21 heavy (non-hydrogen) atoms. The van der Waals surface area contributed by atoms with E-state index in [4.69, 9.17) is 0 Å². The van der Waals surface area contributed by atoms with Crippen molar-refractivity contribution in [1.29, 1.82) is 0 Å². The monoisotopic (exact) mass is 286 g/mol. The first-order chi connectivity index (χ1) is 10.2. The van der Waals surface area contributed by atoms with Crippen LogP contribution in [0.15, 0.2) is 24.3 Å². The maximum absolute atomic E-state index is 13.0. The molecule has 114 valence electrons. The molecule has 1 aliphatic heterocycles. The van der Waals surface area contributed by atoms with Gasteiger partial charge in [-0.05, 0) is 36.8 Å². The van der Waals surface area contributed by atoms with Crippen LogP contribution in [0.1, 0.15) is 37.8 Å². The van der Waals surface area contributed by atoms with E-state index < -0.39 is 0 Å². The third kappa shape index (κ3) is 2.84. The van der Waals surface area contributed by atoms with Gasteiger partial charge in [-0.3, -0.25) is 4.79 Å². The van der Waals surface area contributed by atoms with E-state index in [1.54, 1.807) is 0 Å². The molecule has 1 aromatic carbocycles. The Balaban J connectivity index is 1.72. The van der Waals surface area contributed by atoms with Crippen molar-refractivity contribution in [3.05, 3.63) is 35.4 Å². The van der Waals surface area contributed by atoms with E-state index in [1.807, 2.05) is 0 Å². The Morgan fingerprint density at radius 2 is 1.86 bits per heavy atom. The molecular weight excluding hydrogens is 260 g/mol. The Bertz CT molecular complexity index is 489. The minimum Gasteiger partial charge on any atom is -0.337 e. The molecule has 1 N–H and O–H groups in total. The third-order valence-electron chi connectivity index (χ3n) is 5.15. The smallest absolute Gasteiger partial charge is 0.226 e. The van der Waals surface area contributed by atoms with Gasteiger partial charge in [0.25, 0.3) is 0 Å². The zero-order valence-corrected chi connectivity index (χ0v) is 13.1. The number of hydrogen-bond acceptors (Lipinski definition) is 2. The highest BCUT2D eigenvalue weighted by molar-refractivity contribution is 5.81. The molecule has 1 heterocycles. The van der Waals surface area contributed by atoms with Gasteiger partial charge in [0.15, 0.2) is 0 Å². The van der Waals surface area contributed by atoms with E-state index in [0.29, 0.717) is 18.0 Å². The van der Waals surface area contributed by atoms with Crippen LogP contribution in [0.3, 0.4) is 0 Å². The molecule has 3 rings (SSSR count). The molecule has 0 spiro atoms. The van der Waals surface area contributed by atoms with Gasteiger partial charge >= 0.3 is 0 Å². The number of rotatable bonds is 3. The van der Waals surface area contributed by atoms with Gasteiger partial charge in [0.1, 0.15) is 0 Å². The van der Waals surface area contributed by atoms with Crippen molar-refractivity contribution >= 4 is 5.91 Å². The molecule has 1 aliphatic carbocycles. The molecule has 3 heteroatoms. The average molecular weight is 286 g/mol. The number of nitrogens with zero attached hydrogens (tertiary/aromatic N) is 1. The summed E-state index contributed by atoms with van der Waals surface area (Å²) in [6.07, 6.45) is 3.97. The lowest BCUT2D eigenvalue weighted by atomic mass is 9.99. The van der Waals surface area contributed by atoms with Crippen molar-refractivity contribution in [2.75, 3.05) is 13.1 Å². The highest BCUT2D eigenvalue weighted by Gasteiger charge is 2.35. The van der Waals surface area contributed by atoms with E-state index >= 15 is 0 Å². The SMILES string of the molecule is CCC1CN(C(=O)C2Cc3ccccc3C2)C(CC)CN1. The van der Waals surface area contributed by atoms with Crippen LogP contribution in [-0.2, 0) is 17.6 Å². The highest BCUT2D eigenvalue weighted by atomic mass is 16.2. The van der Waals surface area contributed by atoms with E-state index in [-0.39, 0.29) is 5.92 Å². The van der Waals surface area contributed by atoms with Crippen LogP contribution in [0.2, 0.25) is 0 Å². The molecule has 1 aromatic rings. The molecule has 3 nitrogen and oxygen atoms in total. The average Bonchev–Trinajstić information content (AvgIpc) is 2.97. The molecule has 0 saturated carbocycles. The lowest BCUT2D eigenvalue weighted by Gasteiger charge is -2.41. The third-order valence-corrected chi connectivity index (χ3v) is 5.15. The van der Waals surface area contributed by atoms with Gasteiger partial charge in [-0.15, -0.1) is 0 Å². The Morgan fingerprint density at radius 3 is 2.43 bits per heavy atom. The van der Waals surface area contributed by atoms with Crippen molar-refractivity contribution in [3.8, 4) is 0 Å². The number of carbonyl (C=O) groups excluding carboxylic acids is 1. The fourth-order valence-electron chi connectivity index (χ4n) is 3.74. The van der Waals surface area contributed by atoms with Gasteiger partial charge in [0.05, 0.1) is 0 Å². The van der Waals surface area contributed by atoms with Gasteiger partial charge in [-0.1, -0.05) is 38.1 Å². The summed E-state index contributed by atoms with van der Waals surface area (Å²) in [6, 6.07) is 9.33. The predicted octanol–water partition coefficient (Wildman–Crippen LogP) is 2.39. The molecule has 2 aliphatic rings. The molecule has 2 unspecified atom stereocenters. The fourth-order valence-corrected chi connectivity index (χ4v) is 3.74. The van der Waals surface area contributed by atoms with Gasteiger partial charge < -0.3 is 10.2 Å². The van der Waals surface area contributed by atoms with Crippen molar-refractivity contribution in [3.63, 3.8) is 0 Å². The van der Waals surface area contributed by atoms with Crippen LogP contribution < -0.4 is 5.32 Å². The number of nitrogens with one attached hydrogen (secondary N) is 1. The molecule has 0 bridgehead atoms. The van der Waals surface area contributed by atoms with Crippen LogP contribution in [0.25, 0.3) is 0 Å². The molecule has 0 aromatic heterocycles. The van der Waals surface area contributed by atoms with Crippen LogP contribution in [0.5, 0.6) is 0 Å². The van der Waals surface area contributed by atoms with Crippen LogP contribution in [-0.4, -0.2) is 36.0 Å². The van der Waals surface area contributed by atoms with Crippen LogP contribution >= 0.6 is 0 Å². The second-order valence-electron chi connectivity index (χ2n) is 6.44. The van der Waals surface area contributed by atoms with Gasteiger partial charge in [0, 0.05) is 31.1 Å². The fraction of sp³-hybridized carbons (Fsp3) is 0.611. The van der Waals surface area contributed by atoms with Gasteiger partial charge in [-0.25, -0.2) is 0 Å². The summed E-state index contributed by atoms with van der Waals surface area (Å²) < 4.78 is 0. The molecule has 1 saturated heterocycles. The maximum atomic E-state index is 13.0. The largest absolute Gasteiger partial charge is 0.337 e. The summed E-state index contributed by atoms with van der Waals surface area (Å²) in [6.45, 7) is 6.20. The van der Waals surface area contributed by atoms with Gasteiger partial charge in [-0.2, -0.15) is 0 Å². The predicted molar refractivity (Wildman–Crippen MR) is 85.2 cm³/mol. The second kappa shape index (κ2) is 6.18. The zero-order valence-electron chi connectivity index (χ0n) is 13.1. The zero-order chi connectivity index (χ0) is 14.8. The molecule has 0 radical (unpaired) electrons. The second-order valence-corrected chi connectivity index (χ2v) is 6.44. The highest BCUT2D eigenvalue weighted by Crippen LogP contribution is 2.29. The van der Waals surface area contributed by atoms with E-state index in [0.717, 1.165) is 38.8 Å². The van der Waals surface area contributed by atoms with Crippen molar-refractivity contribution in [2.45, 2.75) is 51.6 Å². The minimum atomic E-state index is 0.159. The van der Waals surface area contributed by atoms with Crippen molar-refractivity contribution < 1.29 is 4.79 Å². The Kier molecular flexibility index (Phi) is 4.29. The first kappa shape index (κ1) is 14.6. The summed E-state index contributed by atoms with van der Waals surface area (Å²) in [4.78, 5) is 15.2. The minimum absolute atomic E-state index is 0.159. The molecule has 1 amide bonds. The number of fused-ring (bicyclic) bond motifs is 1. The Morgan fingerprint density at radius 1 is 1.19 bits per heavy atom. The normalized spacial score (nSPS) is 25.9. The maximum Gasteiger partial charge on any atom is 0.226 e. The first-order valence-corrected chi connectivity index (χ1v) is 8.33. The quantitative estimate of drug-likeness (QED) is 0.925. The lowest BCUT2D eigenvalue weighted by Crippen LogP contribution is -2.59. The van der Waals surface area contributed by atoms with E-state index in [1.165, 1.54) is 11.1 Å². The van der Waals surface area contributed by atoms with E-state index in [9.17, 15) is 4.79 Å². The summed E-state index contributed by atoms with van der Waals surface area (Å²) in [5.74, 6) is 0.532. The van der Waals surface area contributed by atoms with Crippen LogP contribution in [0.4, 0.5) is 0 Å². The first-order valence-electron chi connectivity index (χ1n) is 8.33. The number of benzene rings is 1. The number of amides is 1. The van der Waals surface area contributed by atoms with E-state index in [2.05, 4.69) is 48.3 Å². The van der Waals surface area contributed by atoms with Crippen LogP contribution in [0, 0.1) is 5.92 Å². The summed E-state index contributed by atoms with van der Waals surface area (Å²) in [5.41, 5.74) is 2.73.